The number of hydrogen-bond acceptors (Lipinski definition) is 0. The molecule has 0 amide bonds. The van der Waals surface area contributed by atoms with Gasteiger partial charge in [-0.05, 0) is 0 Å². The molecule has 0 N–H and O–H groups in total. The fourth-order valence-electron chi connectivity index (χ4n) is 1.98. The van der Waals surface area contributed by atoms with E-state index in [0.717, 1.165) is 29.0 Å². The van der Waals surface area contributed by atoms with Gasteiger partial charge in [-0.25, -0.2) is 0 Å². The first-order valence-corrected chi connectivity index (χ1v) is 7.56. The molecule has 0 nitrogen and oxygen atoms in total. The van der Waals surface area contributed by atoms with Crippen LogP contribution in [0, 0.1) is 5.41 Å². The quantitative estimate of drug-likeness (QED) is 0.590. The minimum atomic E-state index is 0.594. The summed E-state index contributed by atoms with van der Waals surface area (Å²) in [6.45, 7) is 7.31. The molecule has 11 heavy (non-hydrogen) atoms. The Balaban J connectivity index is 2.64. The average molecular weight is 340 g/mol. The summed E-state index contributed by atoms with van der Waals surface area (Å²) in [4.78, 5) is 0. The van der Waals surface area contributed by atoms with Crippen molar-refractivity contribution in [2.75, 3.05) is 0 Å². The molecule has 0 atom stereocenters. The van der Waals surface area contributed by atoms with Crippen molar-refractivity contribution >= 4 is 0 Å². The fraction of sp³-hybridized carbons (Fsp3) is 1.00. The maximum absolute atomic E-state index is 2.44. The predicted molar refractivity (Wildman–Crippen MR) is 45.2 cm³/mol. The van der Waals surface area contributed by atoms with Gasteiger partial charge in [0, 0.05) is 0 Å². The molecular weight excluding hydrogens is 321 g/mol. The zero-order chi connectivity index (χ0) is 8.54. The van der Waals surface area contributed by atoms with Crippen LogP contribution in [0.25, 0.3) is 0 Å². The minimum absolute atomic E-state index is 0.594. The molecule has 0 radical (unpaired) electrons. The van der Waals surface area contributed by atoms with Gasteiger partial charge in [0.05, 0.1) is 0 Å². The second-order valence-electron chi connectivity index (χ2n) is 5.09. The molecule has 0 aromatic heterocycles. The third-order valence-electron chi connectivity index (χ3n) is 3.40. The van der Waals surface area contributed by atoms with Crippen LogP contribution in [0.15, 0.2) is 0 Å². The van der Waals surface area contributed by atoms with Crippen molar-refractivity contribution in [3.8, 4) is 0 Å². The maximum atomic E-state index is 2.44. The SMILES string of the molecule is CC(C)(C)[C]1([Hg])CCCCC1. The van der Waals surface area contributed by atoms with Crippen LogP contribution >= 0.6 is 0 Å². The topological polar surface area (TPSA) is 0 Å². The molecule has 1 aliphatic rings. The van der Waals surface area contributed by atoms with Crippen molar-refractivity contribution in [1.82, 2.24) is 0 Å². The second-order valence-corrected chi connectivity index (χ2v) is 10.4. The van der Waals surface area contributed by atoms with Crippen molar-refractivity contribution in [3.63, 3.8) is 0 Å². The summed E-state index contributed by atoms with van der Waals surface area (Å²) in [5, 5.41) is 0. The van der Waals surface area contributed by atoms with Crippen molar-refractivity contribution in [3.05, 3.63) is 0 Å². The third-order valence-corrected chi connectivity index (χ3v) is 10.3. The summed E-state index contributed by atoms with van der Waals surface area (Å²) < 4.78 is 0.811. The van der Waals surface area contributed by atoms with E-state index < -0.39 is 0 Å². The van der Waals surface area contributed by atoms with Crippen LogP contribution in [-0.2, 0) is 26.1 Å². The molecule has 0 bridgehead atoms. The van der Waals surface area contributed by atoms with E-state index in [1.54, 1.807) is 0 Å². The predicted octanol–water partition coefficient (Wildman–Crippen LogP) is 3.70. The van der Waals surface area contributed by atoms with Crippen LogP contribution in [0.1, 0.15) is 52.9 Å². The number of rotatable bonds is 0. The Kier molecular flexibility index (Phi) is 3.06. The molecule has 0 spiro atoms. The Bertz CT molecular complexity index is 126. The summed E-state index contributed by atoms with van der Waals surface area (Å²) in [6.07, 6.45) is 7.55. The zero-order valence-corrected chi connectivity index (χ0v) is 13.7. The Labute approximate surface area is 87.1 Å². The van der Waals surface area contributed by atoms with Crippen LogP contribution in [0.3, 0.4) is 0 Å². The Morgan fingerprint density at radius 2 is 1.45 bits per heavy atom. The summed E-state index contributed by atoms with van der Waals surface area (Å²) in [5.74, 6) is 0. The van der Waals surface area contributed by atoms with Gasteiger partial charge in [0.15, 0.2) is 0 Å². The van der Waals surface area contributed by atoms with Crippen LogP contribution in [0.5, 0.6) is 0 Å². The normalized spacial score (nSPS) is 25.2. The molecule has 0 aromatic carbocycles. The summed E-state index contributed by atoms with van der Waals surface area (Å²) >= 11 is 0.959. The van der Waals surface area contributed by atoms with Gasteiger partial charge in [-0.3, -0.25) is 0 Å². The van der Waals surface area contributed by atoms with E-state index >= 15 is 0 Å². The summed E-state index contributed by atoms with van der Waals surface area (Å²) in [5.41, 5.74) is 0.594. The average Bonchev–Trinajstić information content (AvgIpc) is 1.87. The molecule has 0 saturated heterocycles. The van der Waals surface area contributed by atoms with E-state index in [1.807, 2.05) is 0 Å². The Morgan fingerprint density at radius 1 is 1.00 bits per heavy atom. The van der Waals surface area contributed by atoms with Crippen LogP contribution in [0.2, 0.25) is 2.92 Å². The van der Waals surface area contributed by atoms with Gasteiger partial charge in [0.2, 0.25) is 0 Å². The summed E-state index contributed by atoms with van der Waals surface area (Å²) in [6, 6.07) is 0. The Morgan fingerprint density at radius 3 is 1.73 bits per heavy atom. The first-order valence-electron chi connectivity index (χ1n) is 4.81. The molecule has 0 heterocycles. The van der Waals surface area contributed by atoms with Gasteiger partial charge in [-0.15, -0.1) is 0 Å². The zero-order valence-electron chi connectivity index (χ0n) is 8.24. The van der Waals surface area contributed by atoms with Crippen molar-refractivity contribution in [2.24, 2.45) is 5.41 Å². The van der Waals surface area contributed by atoms with Gasteiger partial charge in [0.1, 0.15) is 0 Å². The third kappa shape index (κ3) is 2.20. The van der Waals surface area contributed by atoms with E-state index in [9.17, 15) is 0 Å². The molecule has 0 unspecified atom stereocenters. The van der Waals surface area contributed by atoms with E-state index in [2.05, 4.69) is 20.8 Å². The monoisotopic (exact) mass is 341 g/mol. The number of hydrogen-bond donors (Lipinski definition) is 0. The second kappa shape index (κ2) is 3.36. The standard InChI is InChI=1S/C10H19.Hg/c1-10(2,3)9-7-5-4-6-8-9;/h4-8H2,1-3H3;. The van der Waals surface area contributed by atoms with Crippen LogP contribution in [0.4, 0.5) is 0 Å². The van der Waals surface area contributed by atoms with Gasteiger partial charge in [-0.1, -0.05) is 0 Å². The van der Waals surface area contributed by atoms with E-state index in [1.165, 1.54) is 32.1 Å². The van der Waals surface area contributed by atoms with Gasteiger partial charge < -0.3 is 0 Å². The van der Waals surface area contributed by atoms with Crippen LogP contribution in [-0.4, -0.2) is 0 Å². The van der Waals surface area contributed by atoms with E-state index in [4.69, 9.17) is 0 Å². The molecular formula is C10H19Hg. The van der Waals surface area contributed by atoms with Crippen molar-refractivity contribution < 1.29 is 26.1 Å². The van der Waals surface area contributed by atoms with Crippen LogP contribution < -0.4 is 0 Å². The van der Waals surface area contributed by atoms with Crippen molar-refractivity contribution in [1.29, 1.82) is 0 Å². The van der Waals surface area contributed by atoms with E-state index in [0.29, 0.717) is 5.41 Å². The molecule has 0 aromatic rings. The fourth-order valence-corrected chi connectivity index (χ4v) is 3.92. The molecule has 61 valence electrons. The summed E-state index contributed by atoms with van der Waals surface area (Å²) in [7, 11) is 0. The first-order chi connectivity index (χ1) is 4.96. The van der Waals surface area contributed by atoms with Crippen molar-refractivity contribution in [2.45, 2.75) is 55.8 Å². The molecule has 1 rings (SSSR count). The van der Waals surface area contributed by atoms with Gasteiger partial charge in [-0.2, -0.15) is 0 Å². The molecule has 0 aliphatic heterocycles. The molecule has 1 heteroatoms. The molecule has 1 fully saturated rings. The Hall–Kier alpha value is 0.935. The van der Waals surface area contributed by atoms with E-state index in [-0.39, 0.29) is 0 Å². The molecule has 1 saturated carbocycles. The molecule has 1 aliphatic carbocycles. The first kappa shape index (κ1) is 10.0. The van der Waals surface area contributed by atoms with Gasteiger partial charge in [0.25, 0.3) is 0 Å². The van der Waals surface area contributed by atoms with Gasteiger partial charge >= 0.3 is 87.3 Å².